The van der Waals surface area contributed by atoms with Crippen molar-refractivity contribution in [2.24, 2.45) is 0 Å². The zero-order valence-corrected chi connectivity index (χ0v) is 13.2. The molecule has 0 aromatic heterocycles. The fourth-order valence-electron chi connectivity index (χ4n) is 2.11. The van der Waals surface area contributed by atoms with Gasteiger partial charge >= 0.3 is 0 Å². The quantitative estimate of drug-likeness (QED) is 0.792. The fraction of sp³-hybridized carbons (Fsp3) is 0.188. The summed E-state index contributed by atoms with van der Waals surface area (Å²) in [4.78, 5) is 14.0. The predicted octanol–water partition coefficient (Wildman–Crippen LogP) is 4.48. The first-order chi connectivity index (χ1) is 9.38. The van der Waals surface area contributed by atoms with E-state index in [-0.39, 0.29) is 11.7 Å². The van der Waals surface area contributed by atoms with E-state index in [0.29, 0.717) is 10.0 Å². The Morgan fingerprint density at radius 3 is 2.25 bits per heavy atom. The summed E-state index contributed by atoms with van der Waals surface area (Å²) in [6.07, 6.45) is 0. The molecule has 2 aromatic rings. The van der Waals surface area contributed by atoms with Gasteiger partial charge in [-0.2, -0.15) is 0 Å². The number of rotatable bonds is 2. The lowest BCUT2D eigenvalue weighted by Crippen LogP contribution is -2.26. The Hall–Kier alpha value is -1.68. The standard InChI is InChI=1S/C16H15BrFNO/c1-10-6-11(2)8-13(7-10)19(3)16(20)14-5-4-12(18)9-15(14)17/h4-9H,1-3H3. The molecule has 0 saturated heterocycles. The number of carbonyl (C=O) groups excluding carboxylic acids is 1. The summed E-state index contributed by atoms with van der Waals surface area (Å²) in [5.74, 6) is -0.552. The number of amides is 1. The molecule has 2 aromatic carbocycles. The van der Waals surface area contributed by atoms with E-state index in [2.05, 4.69) is 22.0 Å². The van der Waals surface area contributed by atoms with Gasteiger partial charge in [-0.05, 0) is 71.2 Å². The highest BCUT2D eigenvalue weighted by atomic mass is 79.9. The molecule has 0 N–H and O–H groups in total. The molecule has 2 rings (SSSR count). The van der Waals surface area contributed by atoms with Crippen LogP contribution in [0.4, 0.5) is 10.1 Å². The van der Waals surface area contributed by atoms with Crippen LogP contribution in [-0.4, -0.2) is 13.0 Å². The molecule has 0 aliphatic carbocycles. The van der Waals surface area contributed by atoms with Crippen molar-refractivity contribution in [2.75, 3.05) is 11.9 Å². The van der Waals surface area contributed by atoms with Crippen molar-refractivity contribution >= 4 is 27.5 Å². The Morgan fingerprint density at radius 1 is 1.10 bits per heavy atom. The van der Waals surface area contributed by atoms with Crippen LogP contribution >= 0.6 is 15.9 Å². The number of benzene rings is 2. The van der Waals surface area contributed by atoms with Crippen molar-refractivity contribution in [1.29, 1.82) is 0 Å². The number of hydrogen-bond donors (Lipinski definition) is 0. The third-order valence-electron chi connectivity index (χ3n) is 3.06. The predicted molar refractivity (Wildman–Crippen MR) is 82.7 cm³/mol. The van der Waals surface area contributed by atoms with Crippen LogP contribution < -0.4 is 4.90 Å². The lowest BCUT2D eigenvalue weighted by molar-refractivity contribution is 0.0992. The van der Waals surface area contributed by atoms with Crippen LogP contribution in [0.1, 0.15) is 21.5 Å². The summed E-state index contributed by atoms with van der Waals surface area (Å²) >= 11 is 3.23. The molecule has 20 heavy (non-hydrogen) atoms. The summed E-state index contributed by atoms with van der Waals surface area (Å²) in [6.45, 7) is 3.98. The van der Waals surface area contributed by atoms with E-state index in [0.717, 1.165) is 16.8 Å². The zero-order chi connectivity index (χ0) is 14.9. The minimum absolute atomic E-state index is 0.179. The van der Waals surface area contributed by atoms with E-state index < -0.39 is 0 Å². The Morgan fingerprint density at radius 2 is 1.70 bits per heavy atom. The number of carbonyl (C=O) groups is 1. The minimum atomic E-state index is -0.373. The Labute approximate surface area is 126 Å². The zero-order valence-electron chi connectivity index (χ0n) is 11.6. The number of anilines is 1. The van der Waals surface area contributed by atoms with Crippen LogP contribution in [0, 0.1) is 19.7 Å². The van der Waals surface area contributed by atoms with E-state index in [1.807, 2.05) is 26.0 Å². The monoisotopic (exact) mass is 335 g/mol. The normalized spacial score (nSPS) is 10.4. The van der Waals surface area contributed by atoms with Crippen LogP contribution in [0.5, 0.6) is 0 Å². The highest BCUT2D eigenvalue weighted by molar-refractivity contribution is 9.10. The summed E-state index contributed by atoms with van der Waals surface area (Å²) in [6, 6.07) is 10.0. The molecule has 2 nitrogen and oxygen atoms in total. The van der Waals surface area contributed by atoms with Gasteiger partial charge < -0.3 is 4.90 Å². The van der Waals surface area contributed by atoms with Crippen molar-refractivity contribution in [1.82, 2.24) is 0 Å². The summed E-state index contributed by atoms with van der Waals surface area (Å²) < 4.78 is 13.5. The van der Waals surface area contributed by atoms with Gasteiger partial charge in [0, 0.05) is 17.2 Å². The van der Waals surface area contributed by atoms with Crippen molar-refractivity contribution < 1.29 is 9.18 Å². The molecule has 0 spiro atoms. The van der Waals surface area contributed by atoms with E-state index in [9.17, 15) is 9.18 Å². The maximum absolute atomic E-state index is 13.1. The van der Waals surface area contributed by atoms with E-state index in [1.165, 1.54) is 18.2 Å². The first kappa shape index (κ1) is 14.7. The second-order valence-corrected chi connectivity index (χ2v) is 5.69. The van der Waals surface area contributed by atoms with Crippen LogP contribution in [-0.2, 0) is 0 Å². The first-order valence-electron chi connectivity index (χ1n) is 6.20. The molecule has 4 heteroatoms. The molecular weight excluding hydrogens is 321 g/mol. The third-order valence-corrected chi connectivity index (χ3v) is 3.72. The van der Waals surface area contributed by atoms with Crippen LogP contribution in [0.15, 0.2) is 40.9 Å². The number of hydrogen-bond acceptors (Lipinski definition) is 1. The van der Waals surface area contributed by atoms with E-state index >= 15 is 0 Å². The second-order valence-electron chi connectivity index (χ2n) is 4.83. The van der Waals surface area contributed by atoms with Crippen LogP contribution in [0.25, 0.3) is 0 Å². The number of aryl methyl sites for hydroxylation is 2. The molecule has 0 atom stereocenters. The molecule has 0 unspecified atom stereocenters. The molecule has 0 aliphatic rings. The molecule has 0 radical (unpaired) electrons. The topological polar surface area (TPSA) is 20.3 Å². The van der Waals surface area contributed by atoms with Gasteiger partial charge in [-0.15, -0.1) is 0 Å². The molecular formula is C16H15BrFNO. The lowest BCUT2D eigenvalue weighted by atomic mass is 10.1. The largest absolute Gasteiger partial charge is 0.311 e. The molecule has 0 saturated carbocycles. The van der Waals surface area contributed by atoms with Crippen LogP contribution in [0.2, 0.25) is 0 Å². The second kappa shape index (κ2) is 5.75. The molecule has 0 heterocycles. The number of nitrogens with zero attached hydrogens (tertiary/aromatic N) is 1. The Balaban J connectivity index is 2.37. The van der Waals surface area contributed by atoms with Crippen molar-refractivity contribution in [3.8, 4) is 0 Å². The SMILES string of the molecule is Cc1cc(C)cc(N(C)C(=O)c2ccc(F)cc2Br)c1. The summed E-state index contributed by atoms with van der Waals surface area (Å²) in [5.41, 5.74) is 3.45. The van der Waals surface area contributed by atoms with Gasteiger partial charge in [-0.1, -0.05) is 6.07 Å². The first-order valence-corrected chi connectivity index (χ1v) is 6.99. The average Bonchev–Trinajstić information content (AvgIpc) is 2.36. The van der Waals surface area contributed by atoms with Gasteiger partial charge in [-0.25, -0.2) is 4.39 Å². The van der Waals surface area contributed by atoms with Gasteiger partial charge in [0.05, 0.1) is 5.56 Å². The summed E-state index contributed by atoms with van der Waals surface area (Å²) in [5, 5.41) is 0. The maximum Gasteiger partial charge on any atom is 0.259 e. The Bertz CT molecular complexity index is 649. The van der Waals surface area contributed by atoms with Crippen LogP contribution in [0.3, 0.4) is 0 Å². The lowest BCUT2D eigenvalue weighted by Gasteiger charge is -2.19. The molecule has 1 amide bonds. The molecule has 0 fully saturated rings. The van der Waals surface area contributed by atoms with E-state index in [4.69, 9.17) is 0 Å². The van der Waals surface area contributed by atoms with Gasteiger partial charge in [0.2, 0.25) is 0 Å². The van der Waals surface area contributed by atoms with Crippen molar-refractivity contribution in [3.05, 3.63) is 63.4 Å². The number of halogens is 2. The minimum Gasteiger partial charge on any atom is -0.311 e. The molecule has 0 bridgehead atoms. The van der Waals surface area contributed by atoms with Crippen molar-refractivity contribution in [2.45, 2.75) is 13.8 Å². The van der Waals surface area contributed by atoms with E-state index in [1.54, 1.807) is 11.9 Å². The average molecular weight is 336 g/mol. The smallest absolute Gasteiger partial charge is 0.259 e. The maximum atomic E-state index is 13.1. The Kier molecular flexibility index (Phi) is 4.23. The van der Waals surface area contributed by atoms with Gasteiger partial charge in [-0.3, -0.25) is 4.79 Å². The highest BCUT2D eigenvalue weighted by Gasteiger charge is 2.17. The fourth-order valence-corrected chi connectivity index (χ4v) is 2.63. The van der Waals surface area contributed by atoms with Gasteiger partial charge in [0.1, 0.15) is 5.82 Å². The van der Waals surface area contributed by atoms with Gasteiger partial charge in [0.15, 0.2) is 0 Å². The molecule has 0 aliphatic heterocycles. The highest BCUT2D eigenvalue weighted by Crippen LogP contribution is 2.23. The summed E-state index contributed by atoms with van der Waals surface area (Å²) in [7, 11) is 1.71. The van der Waals surface area contributed by atoms with Gasteiger partial charge in [0.25, 0.3) is 5.91 Å². The molecule has 104 valence electrons. The third kappa shape index (κ3) is 3.07. The van der Waals surface area contributed by atoms with Crippen molar-refractivity contribution in [3.63, 3.8) is 0 Å².